The van der Waals surface area contributed by atoms with Gasteiger partial charge in [0.15, 0.2) is 5.78 Å². The fraction of sp³-hybridized carbons (Fsp3) is 0.526. The summed E-state index contributed by atoms with van der Waals surface area (Å²) in [6.45, 7) is 6.95. The zero-order valence-corrected chi connectivity index (χ0v) is 15.2. The van der Waals surface area contributed by atoms with E-state index in [9.17, 15) is 14.4 Å². The number of esters is 1. The Morgan fingerprint density at radius 2 is 1.84 bits per heavy atom. The van der Waals surface area contributed by atoms with Crippen molar-refractivity contribution in [1.29, 1.82) is 0 Å². The molecule has 0 spiro atoms. The highest BCUT2D eigenvalue weighted by Crippen LogP contribution is 2.34. The van der Waals surface area contributed by atoms with Crippen molar-refractivity contribution in [1.82, 2.24) is 4.90 Å². The van der Waals surface area contributed by atoms with Gasteiger partial charge in [0, 0.05) is 6.54 Å². The molecule has 1 atom stereocenters. The largest absolute Gasteiger partial charge is 0.465 e. The smallest absolute Gasteiger partial charge is 0.410 e. The second-order valence-electron chi connectivity index (χ2n) is 7.22. The van der Waals surface area contributed by atoms with E-state index in [1.807, 2.05) is 30.3 Å². The third kappa shape index (κ3) is 4.38. The summed E-state index contributed by atoms with van der Waals surface area (Å²) in [5.74, 6) is -0.907. The molecule has 136 valence electrons. The van der Waals surface area contributed by atoms with Crippen molar-refractivity contribution in [2.24, 2.45) is 5.41 Å². The predicted molar refractivity (Wildman–Crippen MR) is 92.0 cm³/mol. The van der Waals surface area contributed by atoms with Crippen molar-refractivity contribution < 1.29 is 23.9 Å². The molecule has 0 N–H and O–H groups in total. The average molecular weight is 347 g/mol. The van der Waals surface area contributed by atoms with Crippen molar-refractivity contribution in [3.8, 4) is 0 Å². The monoisotopic (exact) mass is 347 g/mol. The molecule has 0 aliphatic carbocycles. The summed E-state index contributed by atoms with van der Waals surface area (Å²) in [5.41, 5.74) is -1.21. The first kappa shape index (κ1) is 19.0. The first-order valence-corrected chi connectivity index (χ1v) is 8.40. The molecule has 1 heterocycles. The van der Waals surface area contributed by atoms with E-state index in [1.165, 1.54) is 4.90 Å². The van der Waals surface area contributed by atoms with Gasteiger partial charge in [0.25, 0.3) is 0 Å². The molecule has 0 aromatic heterocycles. The van der Waals surface area contributed by atoms with Crippen molar-refractivity contribution in [3.05, 3.63) is 35.9 Å². The second kappa shape index (κ2) is 7.25. The standard InChI is InChI=1S/C19H25NO5/c1-5-24-16(22)19(11-14-9-7-6-8-10-14)13-20(12-15(19)21)17(23)25-18(2,3)4/h6-10H,5,11-13H2,1-4H3. The van der Waals surface area contributed by atoms with Crippen LogP contribution in [0.5, 0.6) is 0 Å². The maximum atomic E-state index is 12.7. The minimum atomic E-state index is -1.38. The highest BCUT2D eigenvalue weighted by molar-refractivity contribution is 6.08. The molecule has 1 aliphatic heterocycles. The molecular weight excluding hydrogens is 322 g/mol. The van der Waals surface area contributed by atoms with Gasteiger partial charge in [-0.05, 0) is 39.7 Å². The van der Waals surface area contributed by atoms with E-state index >= 15 is 0 Å². The van der Waals surface area contributed by atoms with Gasteiger partial charge < -0.3 is 9.47 Å². The van der Waals surface area contributed by atoms with E-state index < -0.39 is 23.1 Å². The third-order valence-corrected chi connectivity index (χ3v) is 4.00. The van der Waals surface area contributed by atoms with Crippen molar-refractivity contribution in [3.63, 3.8) is 0 Å². The zero-order chi connectivity index (χ0) is 18.7. The maximum Gasteiger partial charge on any atom is 0.410 e. The normalized spacial score (nSPS) is 20.5. The van der Waals surface area contributed by atoms with Crippen LogP contribution in [-0.2, 0) is 25.5 Å². The maximum absolute atomic E-state index is 12.7. The van der Waals surface area contributed by atoms with E-state index in [0.29, 0.717) is 0 Å². The molecule has 1 fully saturated rings. The van der Waals surface area contributed by atoms with Crippen LogP contribution in [0, 0.1) is 5.41 Å². The summed E-state index contributed by atoms with van der Waals surface area (Å²) in [4.78, 5) is 39.0. The molecular formula is C19H25NO5. The van der Waals surface area contributed by atoms with Gasteiger partial charge in [0.05, 0.1) is 13.2 Å². The van der Waals surface area contributed by atoms with Crippen molar-refractivity contribution in [2.45, 2.75) is 39.7 Å². The lowest BCUT2D eigenvalue weighted by molar-refractivity contribution is -0.157. The average Bonchev–Trinajstić information content (AvgIpc) is 2.85. The van der Waals surface area contributed by atoms with Gasteiger partial charge >= 0.3 is 12.1 Å². The minimum absolute atomic E-state index is 0.0333. The van der Waals surface area contributed by atoms with Crippen LogP contribution in [0.25, 0.3) is 0 Å². The Balaban J connectivity index is 2.28. The number of nitrogens with zero attached hydrogens (tertiary/aromatic N) is 1. The highest BCUT2D eigenvalue weighted by atomic mass is 16.6. The molecule has 0 bridgehead atoms. The fourth-order valence-corrected chi connectivity index (χ4v) is 2.87. The number of Topliss-reactive ketones (excluding diaryl/α,β-unsaturated/α-hetero) is 1. The van der Waals surface area contributed by atoms with Crippen molar-refractivity contribution in [2.75, 3.05) is 19.7 Å². The number of rotatable bonds is 4. The molecule has 6 heteroatoms. The minimum Gasteiger partial charge on any atom is -0.465 e. The van der Waals surface area contributed by atoms with Crippen LogP contribution in [0.4, 0.5) is 4.79 Å². The van der Waals surface area contributed by atoms with Gasteiger partial charge in [-0.15, -0.1) is 0 Å². The van der Waals surface area contributed by atoms with E-state index in [4.69, 9.17) is 9.47 Å². The lowest BCUT2D eigenvalue weighted by atomic mass is 9.80. The number of carbonyl (C=O) groups excluding carboxylic acids is 3. The van der Waals surface area contributed by atoms with Gasteiger partial charge in [0.1, 0.15) is 11.0 Å². The Hall–Kier alpha value is -2.37. The zero-order valence-electron chi connectivity index (χ0n) is 15.2. The molecule has 1 aromatic rings. The van der Waals surface area contributed by atoms with E-state index in [2.05, 4.69) is 0 Å². The highest BCUT2D eigenvalue weighted by Gasteiger charge is 2.54. The Bertz CT molecular complexity index is 650. The number of amides is 1. The molecule has 0 saturated carbocycles. The molecule has 0 radical (unpaired) electrons. The van der Waals surface area contributed by atoms with Crippen LogP contribution in [-0.4, -0.2) is 48.0 Å². The molecule has 6 nitrogen and oxygen atoms in total. The van der Waals surface area contributed by atoms with Crippen LogP contribution in [0.3, 0.4) is 0 Å². The van der Waals surface area contributed by atoms with Crippen molar-refractivity contribution >= 4 is 17.8 Å². The number of hydrogen-bond acceptors (Lipinski definition) is 5. The lowest BCUT2D eigenvalue weighted by Gasteiger charge is -2.27. The van der Waals surface area contributed by atoms with Crippen LogP contribution >= 0.6 is 0 Å². The first-order valence-electron chi connectivity index (χ1n) is 8.40. The number of hydrogen-bond donors (Lipinski definition) is 0. The number of carbonyl (C=O) groups is 3. The fourth-order valence-electron chi connectivity index (χ4n) is 2.87. The molecule has 1 unspecified atom stereocenters. The van der Waals surface area contributed by atoms with E-state index in [0.717, 1.165) is 5.56 Å². The Morgan fingerprint density at radius 3 is 2.40 bits per heavy atom. The third-order valence-electron chi connectivity index (χ3n) is 4.00. The SMILES string of the molecule is CCOC(=O)C1(Cc2ccccc2)CN(C(=O)OC(C)(C)C)CC1=O. The Morgan fingerprint density at radius 1 is 1.20 bits per heavy atom. The molecule has 2 rings (SSSR count). The van der Waals surface area contributed by atoms with Gasteiger partial charge in [-0.2, -0.15) is 0 Å². The lowest BCUT2D eigenvalue weighted by Crippen LogP contribution is -2.44. The number of likely N-dealkylation sites (tertiary alicyclic amines) is 1. The number of benzene rings is 1. The predicted octanol–water partition coefficient (Wildman–Crippen LogP) is 2.60. The summed E-state index contributed by atoms with van der Waals surface area (Å²) >= 11 is 0. The molecule has 1 aromatic carbocycles. The van der Waals surface area contributed by atoms with Gasteiger partial charge in [-0.1, -0.05) is 30.3 Å². The van der Waals surface area contributed by atoms with Crippen LogP contribution < -0.4 is 0 Å². The molecule has 25 heavy (non-hydrogen) atoms. The summed E-state index contributed by atoms with van der Waals surface area (Å²) in [5, 5.41) is 0. The van der Waals surface area contributed by atoms with Gasteiger partial charge in [-0.3, -0.25) is 14.5 Å². The molecule has 1 saturated heterocycles. The number of ketones is 1. The van der Waals surface area contributed by atoms with Crippen LogP contribution in [0.1, 0.15) is 33.3 Å². The second-order valence-corrected chi connectivity index (χ2v) is 7.22. The van der Waals surface area contributed by atoms with Crippen LogP contribution in [0.15, 0.2) is 30.3 Å². The Kier molecular flexibility index (Phi) is 5.50. The summed E-state index contributed by atoms with van der Waals surface area (Å²) in [6, 6.07) is 9.26. The Labute approximate surface area is 148 Å². The summed E-state index contributed by atoms with van der Waals surface area (Å²) in [6.07, 6.45) is -0.398. The van der Waals surface area contributed by atoms with Crippen LogP contribution in [0.2, 0.25) is 0 Å². The van der Waals surface area contributed by atoms with Gasteiger partial charge in [0.2, 0.25) is 0 Å². The topological polar surface area (TPSA) is 72.9 Å². The molecule has 1 amide bonds. The van der Waals surface area contributed by atoms with Gasteiger partial charge in [-0.25, -0.2) is 4.79 Å². The summed E-state index contributed by atoms with van der Waals surface area (Å²) in [7, 11) is 0. The summed E-state index contributed by atoms with van der Waals surface area (Å²) < 4.78 is 10.5. The van der Waals surface area contributed by atoms with E-state index in [1.54, 1.807) is 27.7 Å². The first-order chi connectivity index (χ1) is 11.7. The number of ether oxygens (including phenoxy) is 2. The van der Waals surface area contributed by atoms with E-state index in [-0.39, 0.29) is 31.9 Å². The quantitative estimate of drug-likeness (QED) is 0.618. The molecule has 1 aliphatic rings.